The van der Waals surface area contributed by atoms with Gasteiger partial charge in [-0.2, -0.15) is 4.72 Å². The maximum atomic E-state index is 13.3. The van der Waals surface area contributed by atoms with Crippen molar-refractivity contribution in [3.63, 3.8) is 0 Å². The lowest BCUT2D eigenvalue weighted by atomic mass is 9.96. The molecule has 0 heterocycles. The number of sulfonamides is 1. The summed E-state index contributed by atoms with van der Waals surface area (Å²) in [6.07, 6.45) is 0.220. The number of carbonyl (C=O) groups excluding carboxylic acids is 1. The van der Waals surface area contributed by atoms with E-state index in [0.717, 1.165) is 22.3 Å². The molecule has 5 nitrogen and oxygen atoms in total. The Labute approximate surface area is 201 Å². The number of hydrogen-bond acceptors (Lipinski definition) is 3. The molecule has 0 aliphatic carbocycles. The molecule has 0 aromatic heterocycles. The van der Waals surface area contributed by atoms with Crippen LogP contribution < -0.4 is 10.0 Å². The average Bonchev–Trinajstić information content (AvgIpc) is 2.76. The third-order valence-electron chi connectivity index (χ3n) is 5.73. The zero-order valence-electron chi connectivity index (χ0n) is 19.2. The molecule has 3 rings (SSSR count). The van der Waals surface area contributed by atoms with E-state index >= 15 is 0 Å². The number of carbonyl (C=O) groups is 1. The fraction of sp³-hybridized carbons (Fsp3) is 0.269. The highest BCUT2D eigenvalue weighted by molar-refractivity contribution is 7.89. The van der Waals surface area contributed by atoms with Crippen molar-refractivity contribution < 1.29 is 13.2 Å². The van der Waals surface area contributed by atoms with Crippen molar-refractivity contribution in [3.8, 4) is 0 Å². The summed E-state index contributed by atoms with van der Waals surface area (Å²) in [5.74, 6) is -0.387. The van der Waals surface area contributed by atoms with Gasteiger partial charge in [0, 0.05) is 5.02 Å². The van der Waals surface area contributed by atoms with Crippen LogP contribution in [-0.4, -0.2) is 20.4 Å². The van der Waals surface area contributed by atoms with Gasteiger partial charge in [0.15, 0.2) is 0 Å². The van der Waals surface area contributed by atoms with Gasteiger partial charge in [0.1, 0.15) is 6.04 Å². The average molecular weight is 485 g/mol. The van der Waals surface area contributed by atoms with Gasteiger partial charge < -0.3 is 5.32 Å². The quantitative estimate of drug-likeness (QED) is 0.470. The van der Waals surface area contributed by atoms with Crippen LogP contribution in [0.25, 0.3) is 0 Å². The van der Waals surface area contributed by atoms with E-state index in [1.165, 1.54) is 29.8 Å². The Morgan fingerprint density at radius 3 is 2.15 bits per heavy atom. The van der Waals surface area contributed by atoms with Crippen LogP contribution in [0.1, 0.15) is 40.8 Å². The standard InChI is InChI=1S/C26H29ClN2O3S/c1-17-14-19(3)24(15-18(17)2)20(4)28-26(30)25(16-21-8-6-5-7-9-21)29-33(31,32)23-12-10-22(27)11-13-23/h5-15,20,25,29H,16H2,1-4H3,(H,28,30). The van der Waals surface area contributed by atoms with E-state index in [0.29, 0.717) is 5.02 Å². The highest BCUT2D eigenvalue weighted by Gasteiger charge is 2.27. The predicted molar refractivity (Wildman–Crippen MR) is 133 cm³/mol. The van der Waals surface area contributed by atoms with Crippen molar-refractivity contribution in [3.05, 3.63) is 99.6 Å². The molecule has 0 aliphatic heterocycles. The van der Waals surface area contributed by atoms with E-state index in [-0.39, 0.29) is 23.3 Å². The summed E-state index contributed by atoms with van der Waals surface area (Å²) in [6.45, 7) is 8.00. The SMILES string of the molecule is Cc1cc(C)c(C(C)NC(=O)C(Cc2ccccc2)NS(=O)(=O)c2ccc(Cl)cc2)cc1C. The van der Waals surface area contributed by atoms with Gasteiger partial charge in [-0.3, -0.25) is 4.79 Å². The first-order chi connectivity index (χ1) is 15.6. The van der Waals surface area contributed by atoms with Gasteiger partial charge in [0.05, 0.1) is 10.9 Å². The van der Waals surface area contributed by atoms with Crippen LogP contribution in [0.2, 0.25) is 5.02 Å². The molecule has 2 unspecified atom stereocenters. The predicted octanol–water partition coefficient (Wildman–Crippen LogP) is 5.03. The van der Waals surface area contributed by atoms with Crippen molar-refractivity contribution in [2.45, 2.75) is 51.1 Å². The summed E-state index contributed by atoms with van der Waals surface area (Å²) in [7, 11) is -3.93. The van der Waals surface area contributed by atoms with E-state index in [4.69, 9.17) is 11.6 Å². The summed E-state index contributed by atoms with van der Waals surface area (Å²) < 4.78 is 28.6. The largest absolute Gasteiger partial charge is 0.348 e. The van der Waals surface area contributed by atoms with Crippen molar-refractivity contribution in [2.24, 2.45) is 0 Å². The van der Waals surface area contributed by atoms with Crippen molar-refractivity contribution >= 4 is 27.5 Å². The molecule has 0 radical (unpaired) electrons. The van der Waals surface area contributed by atoms with Gasteiger partial charge in [0.25, 0.3) is 0 Å². The second-order valence-electron chi connectivity index (χ2n) is 8.34. The first kappa shape index (κ1) is 25.0. The molecule has 7 heteroatoms. The third kappa shape index (κ3) is 6.44. The van der Waals surface area contributed by atoms with Gasteiger partial charge in [-0.05, 0) is 86.2 Å². The molecule has 0 saturated carbocycles. The Bertz CT molecular complexity index is 1230. The third-order valence-corrected chi connectivity index (χ3v) is 7.47. The number of amides is 1. The number of rotatable bonds is 8. The topological polar surface area (TPSA) is 75.3 Å². The number of aryl methyl sites for hydroxylation is 3. The Kier molecular flexibility index (Phi) is 7.95. The highest BCUT2D eigenvalue weighted by Crippen LogP contribution is 2.22. The van der Waals surface area contributed by atoms with Crippen molar-refractivity contribution in [1.29, 1.82) is 0 Å². The van der Waals surface area contributed by atoms with Crippen LogP contribution in [0.4, 0.5) is 0 Å². The molecule has 0 bridgehead atoms. The lowest BCUT2D eigenvalue weighted by Crippen LogP contribution is -2.48. The molecular weight excluding hydrogens is 456 g/mol. The second-order valence-corrected chi connectivity index (χ2v) is 10.5. The summed E-state index contributed by atoms with van der Waals surface area (Å²) in [4.78, 5) is 13.4. The lowest BCUT2D eigenvalue weighted by molar-refractivity contribution is -0.123. The van der Waals surface area contributed by atoms with Crippen LogP contribution in [0.15, 0.2) is 71.6 Å². The summed E-state index contributed by atoms with van der Waals surface area (Å²) in [5.41, 5.74) is 5.26. The molecule has 0 saturated heterocycles. The number of hydrogen-bond donors (Lipinski definition) is 2. The Morgan fingerprint density at radius 1 is 0.909 bits per heavy atom. The maximum Gasteiger partial charge on any atom is 0.241 e. The fourth-order valence-corrected chi connectivity index (χ4v) is 5.07. The smallest absolute Gasteiger partial charge is 0.241 e. The minimum Gasteiger partial charge on any atom is -0.348 e. The maximum absolute atomic E-state index is 13.3. The lowest BCUT2D eigenvalue weighted by Gasteiger charge is -2.23. The van der Waals surface area contributed by atoms with Crippen molar-refractivity contribution in [1.82, 2.24) is 10.0 Å². The molecule has 2 N–H and O–H groups in total. The summed E-state index contributed by atoms with van der Waals surface area (Å²) >= 11 is 5.89. The number of benzene rings is 3. The van der Waals surface area contributed by atoms with E-state index in [2.05, 4.69) is 29.1 Å². The van der Waals surface area contributed by atoms with Crippen molar-refractivity contribution in [2.75, 3.05) is 0 Å². The Morgan fingerprint density at radius 2 is 1.52 bits per heavy atom. The Hall–Kier alpha value is -2.67. The minimum absolute atomic E-state index is 0.0517. The molecule has 0 spiro atoms. The monoisotopic (exact) mass is 484 g/mol. The molecule has 174 valence electrons. The van der Waals surface area contributed by atoms with E-state index in [1.54, 1.807) is 0 Å². The summed E-state index contributed by atoms with van der Waals surface area (Å²) in [5, 5.41) is 3.44. The van der Waals surface area contributed by atoms with Gasteiger partial charge in [-0.1, -0.05) is 54.1 Å². The summed E-state index contributed by atoms with van der Waals surface area (Å²) in [6, 6.07) is 18.1. The van der Waals surface area contributed by atoms with Gasteiger partial charge in [0.2, 0.25) is 15.9 Å². The zero-order chi connectivity index (χ0) is 24.2. The molecule has 3 aromatic rings. The minimum atomic E-state index is -3.93. The first-order valence-electron chi connectivity index (χ1n) is 10.8. The molecular formula is C26H29ClN2O3S. The van der Waals surface area contributed by atoms with E-state index in [1.807, 2.05) is 51.1 Å². The zero-order valence-corrected chi connectivity index (χ0v) is 20.8. The molecule has 0 fully saturated rings. The molecule has 33 heavy (non-hydrogen) atoms. The van der Waals surface area contributed by atoms with Crippen LogP contribution in [0.5, 0.6) is 0 Å². The van der Waals surface area contributed by atoms with Gasteiger partial charge in [-0.25, -0.2) is 8.42 Å². The van der Waals surface area contributed by atoms with Crippen LogP contribution in [0.3, 0.4) is 0 Å². The van der Waals surface area contributed by atoms with E-state index in [9.17, 15) is 13.2 Å². The van der Waals surface area contributed by atoms with Crippen LogP contribution in [0, 0.1) is 20.8 Å². The number of nitrogens with one attached hydrogen (secondary N) is 2. The van der Waals surface area contributed by atoms with Gasteiger partial charge in [-0.15, -0.1) is 0 Å². The fourth-order valence-electron chi connectivity index (χ4n) is 3.75. The first-order valence-corrected chi connectivity index (χ1v) is 12.6. The van der Waals surface area contributed by atoms with Crippen LogP contribution in [-0.2, 0) is 21.2 Å². The van der Waals surface area contributed by atoms with E-state index < -0.39 is 16.1 Å². The Balaban J connectivity index is 1.86. The molecule has 0 aliphatic rings. The number of halogens is 1. The second kappa shape index (κ2) is 10.5. The van der Waals surface area contributed by atoms with Crippen LogP contribution >= 0.6 is 11.6 Å². The molecule has 3 aromatic carbocycles. The molecule has 2 atom stereocenters. The molecule has 1 amide bonds. The van der Waals surface area contributed by atoms with Gasteiger partial charge >= 0.3 is 0 Å². The normalized spacial score (nSPS) is 13.4. The highest BCUT2D eigenvalue weighted by atomic mass is 35.5.